The second-order valence-corrected chi connectivity index (χ2v) is 8.93. The van der Waals surface area contributed by atoms with Crippen LogP contribution in [-0.4, -0.2) is 54.0 Å². The van der Waals surface area contributed by atoms with E-state index in [1.165, 1.54) is 17.7 Å². The fraction of sp³-hybridized carbons (Fsp3) is 0.609. The van der Waals surface area contributed by atoms with Crippen molar-refractivity contribution >= 4 is 16.6 Å². The number of hydrogen-bond donors (Lipinski definition) is 1. The summed E-state index contributed by atoms with van der Waals surface area (Å²) in [6.07, 6.45) is 3.98. The van der Waals surface area contributed by atoms with Gasteiger partial charge in [-0.2, -0.15) is 9.94 Å². The van der Waals surface area contributed by atoms with Crippen molar-refractivity contribution in [3.8, 4) is 11.8 Å². The molecule has 10 heteroatoms. The molecule has 2 fully saturated rings. The monoisotopic (exact) mass is 458 g/mol. The predicted molar refractivity (Wildman–Crippen MR) is 125 cm³/mol. The van der Waals surface area contributed by atoms with Crippen molar-refractivity contribution in [1.82, 2.24) is 14.1 Å². The number of halogens is 1. The number of ether oxygens (including phenoxy) is 1. The van der Waals surface area contributed by atoms with Crippen LogP contribution in [0.15, 0.2) is 15.7 Å². The Hall–Kier alpha value is -3.06. The molecule has 2 aliphatic rings. The first-order chi connectivity index (χ1) is 15.9. The molecule has 0 spiro atoms. The third-order valence-electron chi connectivity index (χ3n) is 6.84. The molecule has 1 aromatic carbocycles. The summed E-state index contributed by atoms with van der Waals surface area (Å²) in [6.45, 7) is 5.95. The fourth-order valence-corrected chi connectivity index (χ4v) is 4.87. The van der Waals surface area contributed by atoms with Gasteiger partial charge >= 0.3 is 5.69 Å². The van der Waals surface area contributed by atoms with Gasteiger partial charge in [-0.15, -0.1) is 0 Å². The van der Waals surface area contributed by atoms with Crippen molar-refractivity contribution < 1.29 is 9.13 Å². The first kappa shape index (κ1) is 23.1. The molecule has 2 heterocycles. The average Bonchev–Trinajstić information content (AvgIpc) is 3.54. The zero-order valence-electron chi connectivity index (χ0n) is 19.2. The molecule has 1 aliphatic carbocycles. The largest absolute Gasteiger partial charge is 0.492 e. The molecular formula is C23H31FN6O3. The lowest BCUT2D eigenvalue weighted by molar-refractivity contribution is 0.272. The van der Waals surface area contributed by atoms with E-state index in [-0.39, 0.29) is 17.2 Å². The maximum Gasteiger partial charge on any atom is 0.350 e. The molecule has 0 bridgehead atoms. The zero-order chi connectivity index (χ0) is 23.7. The smallest absolute Gasteiger partial charge is 0.350 e. The van der Waals surface area contributed by atoms with Crippen molar-refractivity contribution in [3.63, 3.8) is 0 Å². The zero-order valence-corrected chi connectivity index (χ0v) is 19.2. The molecule has 1 atom stereocenters. The highest BCUT2D eigenvalue weighted by molar-refractivity contribution is 5.91. The maximum atomic E-state index is 15.4. The summed E-state index contributed by atoms with van der Waals surface area (Å²) < 4.78 is 23.1. The van der Waals surface area contributed by atoms with Crippen molar-refractivity contribution in [3.05, 3.63) is 32.7 Å². The molecule has 178 valence electrons. The molecule has 1 saturated carbocycles. The van der Waals surface area contributed by atoms with Gasteiger partial charge in [0.05, 0.1) is 18.6 Å². The summed E-state index contributed by atoms with van der Waals surface area (Å²) in [4.78, 5) is 29.7. The molecule has 1 aromatic heterocycles. The molecule has 2 aromatic rings. The number of methoxy groups -OCH3 is 1. The van der Waals surface area contributed by atoms with Gasteiger partial charge in [-0.3, -0.25) is 9.36 Å². The fourth-order valence-electron chi connectivity index (χ4n) is 4.87. The number of fused-ring (bicyclic) bond motifs is 1. The molecule has 1 unspecified atom stereocenters. The molecule has 1 aliphatic heterocycles. The summed E-state index contributed by atoms with van der Waals surface area (Å²) in [5.74, 6) is 5.75. The number of nitrogens with zero attached hydrogens (tertiary/aromatic N) is 5. The van der Waals surface area contributed by atoms with Crippen molar-refractivity contribution in [1.29, 1.82) is 5.26 Å². The molecule has 9 nitrogen and oxygen atoms in total. The summed E-state index contributed by atoms with van der Waals surface area (Å²) >= 11 is 0. The Morgan fingerprint density at radius 2 is 2.06 bits per heavy atom. The summed E-state index contributed by atoms with van der Waals surface area (Å²) in [5, 5.41) is 8.88. The van der Waals surface area contributed by atoms with Crippen LogP contribution in [0.25, 0.3) is 10.9 Å². The summed E-state index contributed by atoms with van der Waals surface area (Å²) in [6, 6.07) is 3.31. The van der Waals surface area contributed by atoms with E-state index in [0.29, 0.717) is 41.3 Å². The Bertz CT molecular complexity index is 1200. The first-order valence-electron chi connectivity index (χ1n) is 11.6. The molecule has 1 saturated heterocycles. The Balaban J connectivity index is 1.66. The minimum atomic E-state index is -0.730. The normalized spacial score (nSPS) is 18.3. The minimum absolute atomic E-state index is 0.0499. The van der Waals surface area contributed by atoms with Gasteiger partial charge in [0, 0.05) is 32.1 Å². The maximum absolute atomic E-state index is 15.4. The Labute approximate surface area is 191 Å². The van der Waals surface area contributed by atoms with Crippen molar-refractivity contribution in [2.75, 3.05) is 50.6 Å². The van der Waals surface area contributed by atoms with Gasteiger partial charge in [-0.05, 0) is 50.8 Å². The second kappa shape index (κ2) is 9.43. The molecule has 0 amide bonds. The van der Waals surface area contributed by atoms with E-state index in [9.17, 15) is 9.59 Å². The lowest BCUT2D eigenvalue weighted by atomic mass is 10.0. The molecule has 2 N–H and O–H groups in total. The van der Waals surface area contributed by atoms with Gasteiger partial charge in [-0.25, -0.2) is 9.18 Å². The Morgan fingerprint density at radius 3 is 2.70 bits per heavy atom. The van der Waals surface area contributed by atoms with E-state index in [2.05, 4.69) is 17.9 Å². The summed E-state index contributed by atoms with van der Waals surface area (Å²) in [5.41, 5.74) is -0.716. The molecule has 0 radical (unpaired) electrons. The number of hydrogen-bond acceptors (Lipinski definition) is 7. The van der Waals surface area contributed by atoms with Crippen LogP contribution < -0.4 is 26.7 Å². The number of rotatable bonds is 9. The van der Waals surface area contributed by atoms with E-state index < -0.39 is 17.1 Å². The van der Waals surface area contributed by atoms with Gasteiger partial charge in [0.15, 0.2) is 11.6 Å². The number of aromatic nitrogens is 2. The van der Waals surface area contributed by atoms with Crippen LogP contribution in [0.4, 0.5) is 10.1 Å². The van der Waals surface area contributed by atoms with Crippen LogP contribution in [0.3, 0.4) is 0 Å². The quantitative estimate of drug-likeness (QED) is 0.571. The van der Waals surface area contributed by atoms with E-state index in [0.717, 1.165) is 45.3 Å². The van der Waals surface area contributed by atoms with E-state index in [4.69, 9.17) is 15.8 Å². The lowest BCUT2D eigenvalue weighted by Gasteiger charge is -2.25. The number of nitrogen functional groups attached to an aromatic ring is 1. The highest BCUT2D eigenvalue weighted by Crippen LogP contribution is 2.43. The second-order valence-electron chi connectivity index (χ2n) is 8.93. The van der Waals surface area contributed by atoms with Gasteiger partial charge in [-0.1, -0.05) is 6.92 Å². The Morgan fingerprint density at radius 1 is 1.30 bits per heavy atom. The minimum Gasteiger partial charge on any atom is -0.492 e. The van der Waals surface area contributed by atoms with Crippen molar-refractivity contribution in [2.45, 2.75) is 45.1 Å². The van der Waals surface area contributed by atoms with Crippen LogP contribution in [0, 0.1) is 23.1 Å². The molecule has 33 heavy (non-hydrogen) atoms. The number of nitriles is 1. The Kier molecular flexibility index (Phi) is 6.61. The number of anilines is 1. The van der Waals surface area contributed by atoms with Crippen LogP contribution in [-0.2, 0) is 0 Å². The van der Waals surface area contributed by atoms with Crippen LogP contribution in [0.5, 0.6) is 5.75 Å². The first-order valence-corrected chi connectivity index (χ1v) is 11.6. The number of nitrogens with two attached hydrogens (primary N) is 1. The highest BCUT2D eigenvalue weighted by atomic mass is 19.1. The predicted octanol–water partition coefficient (Wildman–Crippen LogP) is 1.81. The third-order valence-corrected chi connectivity index (χ3v) is 6.84. The molecular weight excluding hydrogens is 427 g/mol. The van der Waals surface area contributed by atoms with Gasteiger partial charge < -0.3 is 20.4 Å². The SMILES string of the molecule is CCN(CCC#N)CCC1CCN(c2c(F)cc3c(=O)n(N)c(=O)n(C4CC4)c3c2OC)C1. The summed E-state index contributed by atoms with van der Waals surface area (Å²) in [7, 11) is 1.44. The van der Waals surface area contributed by atoms with Gasteiger partial charge in [0.1, 0.15) is 11.2 Å². The molecule has 4 rings (SSSR count). The number of benzene rings is 1. The standard InChI is InChI=1S/C23H31FN6O3/c1-3-27(10-4-9-25)11-7-15-8-12-28(14-15)20-18(24)13-17-19(21(20)33-2)29(16-5-6-16)23(32)30(26)22(17)31/h13,15-16H,3-8,10-12,14,26H2,1-2H3. The highest BCUT2D eigenvalue weighted by Gasteiger charge is 2.34. The van der Waals surface area contributed by atoms with Gasteiger partial charge in [0.25, 0.3) is 5.56 Å². The van der Waals surface area contributed by atoms with E-state index in [1.54, 1.807) is 0 Å². The van der Waals surface area contributed by atoms with E-state index >= 15 is 4.39 Å². The average molecular weight is 459 g/mol. The van der Waals surface area contributed by atoms with E-state index in [1.807, 2.05) is 4.90 Å². The lowest BCUT2D eigenvalue weighted by Crippen LogP contribution is -2.44. The van der Waals surface area contributed by atoms with Gasteiger partial charge in [0.2, 0.25) is 0 Å². The van der Waals surface area contributed by atoms with Crippen molar-refractivity contribution in [2.24, 2.45) is 5.92 Å². The topological polar surface area (TPSA) is 110 Å². The third kappa shape index (κ3) is 4.29. The van der Waals surface area contributed by atoms with Crippen LogP contribution >= 0.6 is 0 Å². The van der Waals surface area contributed by atoms with Crippen LogP contribution in [0.1, 0.15) is 45.1 Å². The van der Waals surface area contributed by atoms with Crippen LogP contribution in [0.2, 0.25) is 0 Å².